The van der Waals surface area contributed by atoms with Crippen LogP contribution in [0, 0.1) is 5.92 Å². The first-order valence-electron chi connectivity index (χ1n) is 8.49. The van der Waals surface area contributed by atoms with E-state index in [9.17, 15) is 0 Å². The molecule has 3 nitrogen and oxygen atoms in total. The third-order valence-electron chi connectivity index (χ3n) is 4.63. The Morgan fingerprint density at radius 3 is 2.67 bits per heavy atom. The van der Waals surface area contributed by atoms with Gasteiger partial charge in [0.05, 0.1) is 11.8 Å². The maximum absolute atomic E-state index is 6.26. The Morgan fingerprint density at radius 1 is 1.17 bits per heavy atom. The number of rotatable bonds is 3. The fraction of sp³-hybridized carbons (Fsp3) is 0.350. The summed E-state index contributed by atoms with van der Waals surface area (Å²) in [5.41, 5.74) is 3.46. The van der Waals surface area contributed by atoms with Gasteiger partial charge in [-0.3, -0.25) is 5.01 Å². The highest BCUT2D eigenvalue weighted by Crippen LogP contribution is 2.43. The van der Waals surface area contributed by atoms with Crippen LogP contribution in [-0.2, 0) is 0 Å². The van der Waals surface area contributed by atoms with E-state index in [4.69, 9.17) is 21.4 Å². The molecule has 0 saturated heterocycles. The maximum atomic E-state index is 6.26. The van der Waals surface area contributed by atoms with Crippen molar-refractivity contribution in [3.63, 3.8) is 0 Å². The van der Waals surface area contributed by atoms with E-state index in [1.807, 2.05) is 30.3 Å². The van der Waals surface area contributed by atoms with Gasteiger partial charge < -0.3 is 4.74 Å². The standard InChI is InChI=1S/C20H21ClN2O/c1-13(2)11-20-23-18(16-5-3-4-6-19(16)24-20)12-17(22-23)14-7-9-15(21)10-8-14/h3-10,13,18,20H,11-12H2,1-2H3. The largest absolute Gasteiger partial charge is 0.469 e. The van der Waals surface area contributed by atoms with Crippen molar-refractivity contribution >= 4 is 17.3 Å². The van der Waals surface area contributed by atoms with E-state index in [1.165, 1.54) is 5.56 Å². The second kappa shape index (κ2) is 6.14. The van der Waals surface area contributed by atoms with Gasteiger partial charge in [-0.25, -0.2) is 0 Å². The van der Waals surface area contributed by atoms with Gasteiger partial charge >= 0.3 is 0 Å². The third-order valence-corrected chi connectivity index (χ3v) is 4.88. The summed E-state index contributed by atoms with van der Waals surface area (Å²) >= 11 is 6.02. The average molecular weight is 341 g/mol. The van der Waals surface area contributed by atoms with Crippen molar-refractivity contribution in [3.05, 3.63) is 64.7 Å². The van der Waals surface area contributed by atoms with E-state index in [0.717, 1.165) is 34.9 Å². The third kappa shape index (κ3) is 2.78. The number of para-hydroxylation sites is 1. The normalized spacial score (nSPS) is 22.0. The van der Waals surface area contributed by atoms with Crippen molar-refractivity contribution in [2.75, 3.05) is 0 Å². The number of ether oxygens (including phenoxy) is 1. The van der Waals surface area contributed by atoms with Crippen molar-refractivity contribution in [2.45, 2.75) is 39.0 Å². The molecule has 0 N–H and O–H groups in total. The number of fused-ring (bicyclic) bond motifs is 3. The molecule has 2 aliphatic heterocycles. The zero-order valence-corrected chi connectivity index (χ0v) is 14.7. The molecule has 24 heavy (non-hydrogen) atoms. The maximum Gasteiger partial charge on any atom is 0.188 e. The van der Waals surface area contributed by atoms with Crippen LogP contribution in [0.15, 0.2) is 53.6 Å². The summed E-state index contributed by atoms with van der Waals surface area (Å²) in [7, 11) is 0. The van der Waals surface area contributed by atoms with Crippen LogP contribution in [0.25, 0.3) is 0 Å². The van der Waals surface area contributed by atoms with Gasteiger partial charge in [-0.15, -0.1) is 0 Å². The number of hydrogen-bond acceptors (Lipinski definition) is 3. The molecule has 0 bridgehead atoms. The molecule has 0 saturated carbocycles. The molecular weight excluding hydrogens is 320 g/mol. The van der Waals surface area contributed by atoms with E-state index < -0.39 is 0 Å². The molecule has 4 rings (SSSR count). The predicted octanol–water partition coefficient (Wildman–Crippen LogP) is 5.26. The summed E-state index contributed by atoms with van der Waals surface area (Å²) in [6, 6.07) is 16.5. The lowest BCUT2D eigenvalue weighted by Crippen LogP contribution is -2.41. The van der Waals surface area contributed by atoms with Crippen molar-refractivity contribution in [1.82, 2.24) is 5.01 Å². The predicted molar refractivity (Wildman–Crippen MR) is 97.5 cm³/mol. The van der Waals surface area contributed by atoms with Gasteiger partial charge in [-0.05, 0) is 29.7 Å². The van der Waals surface area contributed by atoms with Crippen molar-refractivity contribution in [3.8, 4) is 5.75 Å². The van der Waals surface area contributed by atoms with E-state index in [2.05, 4.69) is 37.1 Å². The topological polar surface area (TPSA) is 24.8 Å². The lowest BCUT2D eigenvalue weighted by atomic mass is 9.96. The minimum absolute atomic E-state index is 0.00491. The Morgan fingerprint density at radius 2 is 1.92 bits per heavy atom. The lowest BCUT2D eigenvalue weighted by molar-refractivity contribution is -0.0291. The zero-order chi connectivity index (χ0) is 16.7. The number of nitrogens with zero attached hydrogens (tertiary/aromatic N) is 2. The summed E-state index contributed by atoms with van der Waals surface area (Å²) in [5.74, 6) is 1.55. The van der Waals surface area contributed by atoms with Crippen LogP contribution in [-0.4, -0.2) is 16.9 Å². The van der Waals surface area contributed by atoms with Crippen molar-refractivity contribution in [2.24, 2.45) is 11.0 Å². The second-order valence-electron chi connectivity index (χ2n) is 6.89. The molecular formula is C20H21ClN2O. The molecule has 0 spiro atoms. The highest BCUT2D eigenvalue weighted by atomic mass is 35.5. The van der Waals surface area contributed by atoms with Crippen LogP contribution in [0.1, 0.15) is 43.9 Å². The van der Waals surface area contributed by atoms with Crippen LogP contribution >= 0.6 is 11.6 Å². The van der Waals surface area contributed by atoms with Crippen LogP contribution in [0.4, 0.5) is 0 Å². The van der Waals surface area contributed by atoms with Gasteiger partial charge in [0.15, 0.2) is 6.23 Å². The van der Waals surface area contributed by atoms with Crippen LogP contribution in [0.5, 0.6) is 5.75 Å². The van der Waals surface area contributed by atoms with Gasteiger partial charge in [0.25, 0.3) is 0 Å². The summed E-state index contributed by atoms with van der Waals surface area (Å²) in [4.78, 5) is 0. The number of benzene rings is 2. The second-order valence-corrected chi connectivity index (χ2v) is 7.33. The molecule has 2 heterocycles. The molecule has 2 aromatic carbocycles. The highest BCUT2D eigenvalue weighted by Gasteiger charge is 2.40. The van der Waals surface area contributed by atoms with Gasteiger partial charge in [0, 0.05) is 23.4 Å². The van der Waals surface area contributed by atoms with Crippen molar-refractivity contribution in [1.29, 1.82) is 0 Å². The van der Waals surface area contributed by atoms with E-state index in [-0.39, 0.29) is 12.3 Å². The Kier molecular flexibility index (Phi) is 3.97. The molecule has 124 valence electrons. The first-order valence-corrected chi connectivity index (χ1v) is 8.87. The molecule has 2 aromatic rings. The Balaban J connectivity index is 1.70. The lowest BCUT2D eigenvalue weighted by Gasteiger charge is -2.38. The van der Waals surface area contributed by atoms with Gasteiger partial charge in [-0.2, -0.15) is 5.10 Å². The Hall–Kier alpha value is -2.00. The number of hydrogen-bond donors (Lipinski definition) is 0. The Bertz CT molecular complexity index is 769. The molecule has 4 heteroatoms. The molecule has 2 unspecified atom stereocenters. The SMILES string of the molecule is CC(C)CC1Oc2ccccc2C2CC(c3ccc(Cl)cc3)=NN12. The average Bonchev–Trinajstić information content (AvgIpc) is 3.01. The molecule has 0 radical (unpaired) electrons. The molecule has 2 atom stereocenters. The van der Waals surface area contributed by atoms with Crippen LogP contribution in [0.2, 0.25) is 5.02 Å². The van der Waals surface area contributed by atoms with E-state index in [0.29, 0.717) is 5.92 Å². The molecule has 0 aromatic heterocycles. The minimum atomic E-state index is -0.00491. The first kappa shape index (κ1) is 15.5. The van der Waals surface area contributed by atoms with E-state index >= 15 is 0 Å². The molecule has 0 aliphatic carbocycles. The van der Waals surface area contributed by atoms with Crippen molar-refractivity contribution < 1.29 is 4.74 Å². The fourth-order valence-electron chi connectivity index (χ4n) is 3.49. The van der Waals surface area contributed by atoms with Gasteiger partial charge in [0.2, 0.25) is 0 Å². The number of halogens is 1. The Labute approximate surface area is 147 Å². The monoisotopic (exact) mass is 340 g/mol. The quantitative estimate of drug-likeness (QED) is 0.761. The highest BCUT2D eigenvalue weighted by molar-refractivity contribution is 6.30. The summed E-state index contributed by atoms with van der Waals surface area (Å²) in [6.45, 7) is 4.44. The molecule has 2 aliphatic rings. The smallest absolute Gasteiger partial charge is 0.188 e. The molecule has 0 fully saturated rings. The summed E-state index contributed by atoms with van der Waals surface area (Å²) < 4.78 is 6.26. The molecule has 0 amide bonds. The zero-order valence-electron chi connectivity index (χ0n) is 13.9. The van der Waals surface area contributed by atoms with Crippen LogP contribution < -0.4 is 4.74 Å². The summed E-state index contributed by atoms with van der Waals surface area (Å²) in [5, 5.41) is 7.84. The first-order chi connectivity index (χ1) is 11.6. The fourth-order valence-corrected chi connectivity index (χ4v) is 3.61. The van der Waals surface area contributed by atoms with Crippen LogP contribution in [0.3, 0.4) is 0 Å². The minimum Gasteiger partial charge on any atom is -0.469 e. The van der Waals surface area contributed by atoms with E-state index in [1.54, 1.807) is 0 Å². The summed E-state index contributed by atoms with van der Waals surface area (Å²) in [6.07, 6.45) is 1.86. The van der Waals surface area contributed by atoms with Gasteiger partial charge in [-0.1, -0.05) is 55.8 Å². The number of hydrazone groups is 1. The van der Waals surface area contributed by atoms with Gasteiger partial charge in [0.1, 0.15) is 5.75 Å².